The fraction of sp³-hybridized carbons (Fsp3) is 0. The lowest BCUT2D eigenvalue weighted by Gasteiger charge is -2.11. The van der Waals surface area contributed by atoms with Gasteiger partial charge in [0, 0.05) is 39.2 Å². The number of hydrogen-bond acceptors (Lipinski definition) is 3. The second-order valence-electron chi connectivity index (χ2n) is 8.89. The van der Waals surface area contributed by atoms with Gasteiger partial charge in [-0.2, -0.15) is 0 Å². The van der Waals surface area contributed by atoms with Gasteiger partial charge in [0.2, 0.25) is 0 Å². The van der Waals surface area contributed by atoms with Crippen molar-refractivity contribution < 1.29 is 0 Å². The van der Waals surface area contributed by atoms with E-state index in [0.29, 0.717) is 5.82 Å². The minimum atomic E-state index is 0.670. The van der Waals surface area contributed by atoms with Gasteiger partial charge in [0.15, 0.2) is 5.82 Å². The molecule has 3 nitrogen and oxygen atoms in total. The number of hydrogen-bond donors (Lipinski definition) is 0. The molecule has 0 atom stereocenters. The van der Waals surface area contributed by atoms with Crippen LogP contribution in [-0.4, -0.2) is 16.4 Å². The summed E-state index contributed by atoms with van der Waals surface area (Å²) in [6.45, 7) is 0. The van der Waals surface area contributed by atoms with Gasteiger partial charge in [-0.05, 0) is 12.1 Å². The second kappa shape index (κ2) is 10.9. The van der Waals surface area contributed by atoms with E-state index in [0.717, 1.165) is 50.1 Å². The monoisotopic (exact) mass is 487 g/mol. The van der Waals surface area contributed by atoms with E-state index in [1.165, 1.54) is 0 Å². The predicted octanol–water partition coefficient (Wildman–Crippen LogP) is 8.57. The first-order valence-corrected chi connectivity index (χ1v) is 12.6. The molecule has 180 valence electrons. The van der Waals surface area contributed by atoms with Crippen molar-refractivity contribution in [2.45, 2.75) is 0 Å². The highest BCUT2D eigenvalue weighted by Gasteiger charge is 2.12. The summed E-state index contributed by atoms with van der Waals surface area (Å²) >= 11 is 0. The summed E-state index contributed by atoms with van der Waals surface area (Å²) in [5.74, 6) is 0.670. The molecule has 0 bridgehead atoms. The molecule has 0 N–H and O–H groups in total. The van der Waals surface area contributed by atoms with Crippen molar-refractivity contribution in [3.05, 3.63) is 174 Å². The summed E-state index contributed by atoms with van der Waals surface area (Å²) in [7, 11) is 0. The Morgan fingerprint density at radius 1 is 0.395 bits per heavy atom. The fourth-order valence-electron chi connectivity index (χ4n) is 4.56. The summed E-state index contributed by atoms with van der Waals surface area (Å²) < 4.78 is 0. The summed E-state index contributed by atoms with van der Waals surface area (Å²) in [6, 6.07) is 49.3. The molecule has 6 aromatic rings. The summed E-state index contributed by atoms with van der Waals surface area (Å²) in [5.41, 5.74) is 6.91. The van der Waals surface area contributed by atoms with Crippen molar-refractivity contribution >= 4 is 33.7 Å². The summed E-state index contributed by atoms with van der Waals surface area (Å²) in [6.07, 6.45) is 1.82. The number of aromatic nitrogens is 1. The lowest BCUT2D eigenvalue weighted by atomic mass is 10.0. The maximum atomic E-state index is 5.20. The van der Waals surface area contributed by atoms with Crippen molar-refractivity contribution in [2.24, 2.45) is 9.98 Å². The molecule has 0 aliphatic carbocycles. The molecule has 0 fully saturated rings. The topological polar surface area (TPSA) is 37.6 Å². The molecule has 0 radical (unpaired) electrons. The molecule has 0 amide bonds. The average Bonchev–Trinajstić information content (AvgIpc) is 3.00. The van der Waals surface area contributed by atoms with E-state index >= 15 is 0 Å². The first-order chi connectivity index (χ1) is 18.9. The van der Waals surface area contributed by atoms with Gasteiger partial charge in [-0.25, -0.2) is 15.0 Å². The van der Waals surface area contributed by atoms with Crippen LogP contribution in [0.3, 0.4) is 0 Å². The van der Waals surface area contributed by atoms with E-state index in [-0.39, 0.29) is 0 Å². The van der Waals surface area contributed by atoms with Crippen molar-refractivity contribution in [3.63, 3.8) is 0 Å². The third kappa shape index (κ3) is 4.91. The molecule has 6 rings (SSSR count). The highest BCUT2D eigenvalue weighted by atomic mass is 14.9. The number of fused-ring (bicyclic) bond motifs is 1. The highest BCUT2D eigenvalue weighted by molar-refractivity contribution is 6.16. The molecule has 38 heavy (non-hydrogen) atoms. The third-order valence-electron chi connectivity index (χ3n) is 6.40. The van der Waals surface area contributed by atoms with Gasteiger partial charge in [-0.15, -0.1) is 0 Å². The van der Waals surface area contributed by atoms with E-state index in [1.807, 2.05) is 91.1 Å². The maximum Gasteiger partial charge on any atom is 0.160 e. The smallest absolute Gasteiger partial charge is 0.160 e. The average molecular weight is 488 g/mol. The Labute approximate surface area is 222 Å². The molecule has 0 saturated carbocycles. The van der Waals surface area contributed by atoms with Gasteiger partial charge < -0.3 is 0 Å². The van der Waals surface area contributed by atoms with Gasteiger partial charge in [0.05, 0.1) is 17.1 Å². The van der Waals surface area contributed by atoms with Crippen molar-refractivity contribution in [2.75, 3.05) is 0 Å². The highest BCUT2D eigenvalue weighted by Crippen LogP contribution is 2.33. The van der Waals surface area contributed by atoms with Crippen LogP contribution in [0.1, 0.15) is 22.3 Å². The first kappa shape index (κ1) is 23.3. The predicted molar refractivity (Wildman–Crippen MR) is 158 cm³/mol. The molecular formula is C35H25N3. The van der Waals surface area contributed by atoms with Gasteiger partial charge in [-0.3, -0.25) is 0 Å². The van der Waals surface area contributed by atoms with Crippen LogP contribution in [0.25, 0.3) is 10.8 Å². The maximum absolute atomic E-state index is 5.20. The zero-order valence-electron chi connectivity index (χ0n) is 20.8. The zero-order valence-corrected chi connectivity index (χ0v) is 20.8. The zero-order chi connectivity index (χ0) is 25.6. The minimum absolute atomic E-state index is 0.670. The number of pyridine rings is 1. The van der Waals surface area contributed by atoms with E-state index in [9.17, 15) is 0 Å². The Morgan fingerprint density at radius 2 is 0.842 bits per heavy atom. The SMILES string of the molecule is c1ccc(C(=Nc2cccc3c(N=C(c4ccccc4)c4ccccc4)nccc23)c2ccccc2)cc1. The van der Waals surface area contributed by atoms with Crippen LogP contribution >= 0.6 is 0 Å². The number of benzene rings is 5. The number of nitrogens with zero attached hydrogens (tertiary/aromatic N) is 3. The normalized spacial score (nSPS) is 10.6. The van der Waals surface area contributed by atoms with Gasteiger partial charge >= 0.3 is 0 Å². The van der Waals surface area contributed by atoms with Gasteiger partial charge in [0.1, 0.15) is 0 Å². The lowest BCUT2D eigenvalue weighted by molar-refractivity contribution is 1.30. The molecule has 0 aliphatic heterocycles. The Morgan fingerprint density at radius 3 is 1.32 bits per heavy atom. The van der Waals surface area contributed by atoms with E-state index in [4.69, 9.17) is 15.0 Å². The summed E-state index contributed by atoms with van der Waals surface area (Å²) in [4.78, 5) is 15.0. The molecule has 3 heteroatoms. The largest absolute Gasteiger partial charge is 0.247 e. The van der Waals surface area contributed by atoms with Crippen molar-refractivity contribution in [1.82, 2.24) is 4.98 Å². The number of rotatable bonds is 6. The van der Waals surface area contributed by atoms with Crippen molar-refractivity contribution in [3.8, 4) is 0 Å². The quantitative estimate of drug-likeness (QED) is 0.217. The van der Waals surface area contributed by atoms with E-state index in [2.05, 4.69) is 60.7 Å². The molecule has 0 unspecified atom stereocenters. The molecule has 1 heterocycles. The van der Waals surface area contributed by atoms with Crippen LogP contribution in [0, 0.1) is 0 Å². The van der Waals surface area contributed by atoms with Crippen LogP contribution in [-0.2, 0) is 0 Å². The standard InChI is InChI=1S/C35H25N3/c1-5-14-26(15-6-1)33(27-16-7-2-8-17-27)37-32-23-13-22-31-30(32)24-25-36-35(31)38-34(28-18-9-3-10-19-28)29-20-11-4-12-21-29/h1-25H. The van der Waals surface area contributed by atoms with Crippen LogP contribution in [0.5, 0.6) is 0 Å². The van der Waals surface area contributed by atoms with Crippen LogP contribution < -0.4 is 0 Å². The Bertz CT molecular complexity index is 1510. The van der Waals surface area contributed by atoms with Crippen LogP contribution in [0.4, 0.5) is 11.5 Å². The Hall–Kier alpha value is -5.15. The Balaban J connectivity index is 1.54. The molecule has 0 saturated heterocycles. The van der Waals surface area contributed by atoms with Gasteiger partial charge in [-0.1, -0.05) is 133 Å². The van der Waals surface area contributed by atoms with Crippen molar-refractivity contribution in [1.29, 1.82) is 0 Å². The molecule has 5 aromatic carbocycles. The number of aliphatic imine (C=N–C) groups is 2. The summed E-state index contributed by atoms with van der Waals surface area (Å²) in [5, 5.41) is 1.96. The Kier molecular flexibility index (Phi) is 6.64. The minimum Gasteiger partial charge on any atom is -0.247 e. The lowest BCUT2D eigenvalue weighted by Crippen LogP contribution is -2.03. The second-order valence-corrected chi connectivity index (χ2v) is 8.89. The molecule has 0 spiro atoms. The van der Waals surface area contributed by atoms with E-state index < -0.39 is 0 Å². The third-order valence-corrected chi connectivity index (χ3v) is 6.40. The van der Waals surface area contributed by atoms with Crippen LogP contribution in [0.15, 0.2) is 162 Å². The molecular weight excluding hydrogens is 462 g/mol. The van der Waals surface area contributed by atoms with Crippen LogP contribution in [0.2, 0.25) is 0 Å². The van der Waals surface area contributed by atoms with E-state index in [1.54, 1.807) is 0 Å². The fourth-order valence-corrected chi connectivity index (χ4v) is 4.56. The van der Waals surface area contributed by atoms with Gasteiger partial charge in [0.25, 0.3) is 0 Å². The molecule has 0 aliphatic rings. The first-order valence-electron chi connectivity index (χ1n) is 12.6. The molecule has 1 aromatic heterocycles.